The van der Waals surface area contributed by atoms with E-state index in [1.165, 1.54) is 0 Å². The molecule has 0 spiro atoms. The number of nitrogens with zero attached hydrogens (tertiary/aromatic N) is 3. The predicted molar refractivity (Wildman–Crippen MR) is 101 cm³/mol. The fourth-order valence-electron chi connectivity index (χ4n) is 2.44. The maximum absolute atomic E-state index is 12.2. The number of carbonyl (C=O) groups excluding carboxylic acids is 1. The molecule has 3 rings (SSSR count). The van der Waals surface area contributed by atoms with Crippen molar-refractivity contribution >= 4 is 17.5 Å². The smallest absolute Gasteiger partial charge is 0.291 e. The largest absolute Gasteiger partial charge is 0.395 e. The summed E-state index contributed by atoms with van der Waals surface area (Å²) in [4.78, 5) is 16.6. The van der Waals surface area contributed by atoms with Gasteiger partial charge in [0.15, 0.2) is 5.82 Å². The molecule has 0 aliphatic rings. The Morgan fingerprint density at radius 1 is 1.19 bits per heavy atom. The van der Waals surface area contributed by atoms with Crippen LogP contribution in [-0.2, 0) is 0 Å². The van der Waals surface area contributed by atoms with Crippen LogP contribution in [0.2, 0.25) is 5.02 Å². The molecule has 6 nitrogen and oxygen atoms in total. The maximum atomic E-state index is 12.2. The van der Waals surface area contributed by atoms with Crippen LogP contribution in [0.4, 0.5) is 0 Å². The molecule has 26 heavy (non-hydrogen) atoms. The molecule has 0 fully saturated rings. The fourth-order valence-corrected chi connectivity index (χ4v) is 2.61. The topological polar surface area (TPSA) is 80.0 Å². The van der Waals surface area contributed by atoms with Crippen LogP contribution in [0.5, 0.6) is 0 Å². The van der Waals surface area contributed by atoms with Crippen LogP contribution in [0, 0.1) is 13.8 Å². The van der Waals surface area contributed by atoms with Crippen LogP contribution < -0.4 is 5.32 Å². The number of hydrogen-bond donors (Lipinski definition) is 2. The molecular formula is C19H19ClN4O2. The Kier molecular flexibility index (Phi) is 5.35. The molecule has 0 unspecified atom stereocenters. The van der Waals surface area contributed by atoms with Crippen LogP contribution in [-0.4, -0.2) is 38.9 Å². The first-order valence-corrected chi connectivity index (χ1v) is 8.57. The lowest BCUT2D eigenvalue weighted by Gasteiger charge is -2.08. The Balaban J connectivity index is 2.10. The minimum atomic E-state index is -0.440. The van der Waals surface area contributed by atoms with Gasteiger partial charge in [-0.3, -0.25) is 4.79 Å². The molecule has 0 saturated carbocycles. The number of carbonyl (C=O) groups is 1. The average Bonchev–Trinajstić information content (AvgIpc) is 3.08. The van der Waals surface area contributed by atoms with Crippen LogP contribution in [0.15, 0.2) is 42.5 Å². The number of amides is 1. The number of halogens is 1. The Morgan fingerprint density at radius 3 is 2.58 bits per heavy atom. The van der Waals surface area contributed by atoms with Crippen molar-refractivity contribution in [1.29, 1.82) is 0 Å². The van der Waals surface area contributed by atoms with Crippen molar-refractivity contribution in [1.82, 2.24) is 20.1 Å². The van der Waals surface area contributed by atoms with E-state index in [1.54, 1.807) is 10.7 Å². The van der Waals surface area contributed by atoms with Gasteiger partial charge in [-0.15, -0.1) is 5.10 Å². The third kappa shape index (κ3) is 3.76. The van der Waals surface area contributed by atoms with E-state index in [0.717, 1.165) is 16.7 Å². The van der Waals surface area contributed by atoms with Gasteiger partial charge in [0.25, 0.3) is 5.91 Å². The first kappa shape index (κ1) is 18.1. The third-order valence-electron chi connectivity index (χ3n) is 3.92. The summed E-state index contributed by atoms with van der Waals surface area (Å²) >= 11 is 6.25. The Morgan fingerprint density at radius 2 is 1.92 bits per heavy atom. The Hall–Kier alpha value is -2.70. The molecule has 0 atom stereocenters. The minimum Gasteiger partial charge on any atom is -0.395 e. The minimum absolute atomic E-state index is 0.0331. The molecule has 1 aromatic heterocycles. The van der Waals surface area contributed by atoms with Gasteiger partial charge in [-0.05, 0) is 31.5 Å². The van der Waals surface area contributed by atoms with Gasteiger partial charge in [0.2, 0.25) is 5.82 Å². The van der Waals surface area contributed by atoms with Crippen molar-refractivity contribution in [3.8, 4) is 17.1 Å². The van der Waals surface area contributed by atoms with E-state index >= 15 is 0 Å². The molecule has 2 N–H and O–H groups in total. The number of benzene rings is 2. The van der Waals surface area contributed by atoms with Gasteiger partial charge in [0, 0.05) is 17.1 Å². The Bertz CT molecular complexity index is 935. The second-order valence-electron chi connectivity index (χ2n) is 5.95. The van der Waals surface area contributed by atoms with Crippen LogP contribution in [0.3, 0.4) is 0 Å². The zero-order chi connectivity index (χ0) is 18.7. The summed E-state index contributed by atoms with van der Waals surface area (Å²) in [7, 11) is 0. The van der Waals surface area contributed by atoms with Crippen molar-refractivity contribution in [3.63, 3.8) is 0 Å². The number of aliphatic hydroxyl groups excluding tert-OH is 1. The molecule has 0 radical (unpaired) electrons. The highest BCUT2D eigenvalue weighted by Gasteiger charge is 2.18. The molecule has 134 valence electrons. The summed E-state index contributed by atoms with van der Waals surface area (Å²) in [6.45, 7) is 3.92. The van der Waals surface area contributed by atoms with Gasteiger partial charge >= 0.3 is 0 Å². The maximum Gasteiger partial charge on any atom is 0.291 e. The lowest BCUT2D eigenvalue weighted by Crippen LogP contribution is -2.27. The van der Waals surface area contributed by atoms with E-state index in [4.69, 9.17) is 16.7 Å². The van der Waals surface area contributed by atoms with Gasteiger partial charge in [0.05, 0.1) is 12.3 Å². The third-order valence-corrected chi connectivity index (χ3v) is 4.32. The molecule has 7 heteroatoms. The summed E-state index contributed by atoms with van der Waals surface area (Å²) in [6, 6.07) is 13.4. The van der Waals surface area contributed by atoms with Crippen molar-refractivity contribution in [2.45, 2.75) is 13.8 Å². The van der Waals surface area contributed by atoms with Crippen molar-refractivity contribution in [2.24, 2.45) is 0 Å². The zero-order valence-electron chi connectivity index (χ0n) is 14.5. The van der Waals surface area contributed by atoms with E-state index < -0.39 is 5.91 Å². The second-order valence-corrected chi connectivity index (χ2v) is 6.36. The summed E-state index contributed by atoms with van der Waals surface area (Å²) in [5, 5.41) is 16.4. The normalized spacial score (nSPS) is 10.8. The summed E-state index contributed by atoms with van der Waals surface area (Å²) in [5.41, 5.74) is 3.62. The number of nitrogens with one attached hydrogen (secondary N) is 1. The van der Waals surface area contributed by atoms with Gasteiger partial charge in [0.1, 0.15) is 0 Å². The highest BCUT2D eigenvalue weighted by molar-refractivity contribution is 6.31. The predicted octanol–water partition coefficient (Wildman–Crippen LogP) is 2.93. The van der Waals surface area contributed by atoms with E-state index in [2.05, 4.69) is 15.4 Å². The molecule has 1 amide bonds. The van der Waals surface area contributed by atoms with Gasteiger partial charge in [-0.2, -0.15) is 0 Å². The lowest BCUT2D eigenvalue weighted by atomic mass is 10.1. The quantitative estimate of drug-likeness (QED) is 0.723. The van der Waals surface area contributed by atoms with Gasteiger partial charge < -0.3 is 10.4 Å². The highest BCUT2D eigenvalue weighted by atomic mass is 35.5. The summed E-state index contributed by atoms with van der Waals surface area (Å²) < 4.78 is 1.60. The van der Waals surface area contributed by atoms with Gasteiger partial charge in [-0.1, -0.05) is 47.5 Å². The fraction of sp³-hybridized carbons (Fsp3) is 0.211. The summed E-state index contributed by atoms with van der Waals surface area (Å²) in [5.74, 6) is 0.133. The number of rotatable bonds is 5. The first-order valence-electron chi connectivity index (χ1n) is 8.19. The molecule has 3 aromatic rings. The number of aromatic nitrogens is 3. The SMILES string of the molecule is Cc1ccc(-c2nc(C(=O)NCCO)nn2-c2ccc(C)c(Cl)c2)cc1. The summed E-state index contributed by atoms with van der Waals surface area (Å²) in [6.07, 6.45) is 0. The molecule has 0 aliphatic heterocycles. The molecule has 0 aliphatic carbocycles. The van der Waals surface area contributed by atoms with Gasteiger partial charge in [-0.25, -0.2) is 9.67 Å². The highest BCUT2D eigenvalue weighted by Crippen LogP contribution is 2.25. The van der Waals surface area contributed by atoms with Crippen LogP contribution >= 0.6 is 11.6 Å². The lowest BCUT2D eigenvalue weighted by molar-refractivity contribution is 0.0934. The molecule has 0 bridgehead atoms. The standard InChI is InChI=1S/C19H19ClN4O2/c1-12-3-6-14(7-4-12)18-22-17(19(26)21-9-10-25)23-24(18)15-8-5-13(2)16(20)11-15/h3-8,11,25H,9-10H2,1-2H3,(H,21,26). The van der Waals surface area contributed by atoms with Crippen molar-refractivity contribution in [2.75, 3.05) is 13.2 Å². The van der Waals surface area contributed by atoms with Crippen LogP contribution in [0.25, 0.3) is 17.1 Å². The Labute approximate surface area is 156 Å². The van der Waals surface area contributed by atoms with Crippen LogP contribution in [0.1, 0.15) is 21.7 Å². The first-order chi connectivity index (χ1) is 12.5. The van der Waals surface area contributed by atoms with Crippen molar-refractivity contribution in [3.05, 3.63) is 64.4 Å². The number of aryl methyl sites for hydroxylation is 2. The van der Waals surface area contributed by atoms with E-state index in [0.29, 0.717) is 16.5 Å². The molecule has 0 saturated heterocycles. The molecule has 1 heterocycles. The zero-order valence-corrected chi connectivity index (χ0v) is 15.3. The number of hydrogen-bond acceptors (Lipinski definition) is 4. The molecule has 2 aromatic carbocycles. The van der Waals surface area contributed by atoms with E-state index in [9.17, 15) is 4.79 Å². The number of aliphatic hydroxyl groups is 1. The monoisotopic (exact) mass is 370 g/mol. The van der Waals surface area contributed by atoms with E-state index in [-0.39, 0.29) is 19.0 Å². The molecular weight excluding hydrogens is 352 g/mol. The average molecular weight is 371 g/mol. The van der Waals surface area contributed by atoms with E-state index in [1.807, 2.05) is 50.2 Å². The second kappa shape index (κ2) is 7.68. The van der Waals surface area contributed by atoms with Crippen molar-refractivity contribution < 1.29 is 9.90 Å².